The van der Waals surface area contributed by atoms with Crippen LogP contribution in [0.4, 0.5) is 13.2 Å². The lowest BCUT2D eigenvalue weighted by Crippen LogP contribution is -2.15. The van der Waals surface area contributed by atoms with E-state index in [0.29, 0.717) is 19.6 Å². The van der Waals surface area contributed by atoms with E-state index in [1.165, 1.54) is 4.68 Å². The number of aromatic nitrogens is 2. The van der Waals surface area contributed by atoms with E-state index in [0.717, 1.165) is 6.07 Å². The Morgan fingerprint density at radius 3 is 2.85 bits per heavy atom. The average Bonchev–Trinajstić information content (AvgIpc) is 2.45. The summed E-state index contributed by atoms with van der Waals surface area (Å²) in [6, 6.07) is 0.930. The molecule has 0 radical (unpaired) electrons. The van der Waals surface area contributed by atoms with Gasteiger partial charge in [-0.05, 0) is 0 Å². The van der Waals surface area contributed by atoms with Gasteiger partial charge in [0.15, 0.2) is 5.69 Å². The fourth-order valence-corrected chi connectivity index (χ4v) is 1.21. The molecular formula is C7H7F3N2O. The summed E-state index contributed by atoms with van der Waals surface area (Å²) in [6.45, 7) is 0.953. The van der Waals surface area contributed by atoms with E-state index in [1.54, 1.807) is 0 Å². The number of ether oxygens (including phenoxy) is 1. The summed E-state index contributed by atoms with van der Waals surface area (Å²) in [5.74, 6) is 0.207. The molecule has 0 atom stereocenters. The first-order valence-corrected chi connectivity index (χ1v) is 3.85. The maximum absolute atomic E-state index is 12.1. The van der Waals surface area contributed by atoms with Crippen LogP contribution in [0.15, 0.2) is 6.07 Å². The summed E-state index contributed by atoms with van der Waals surface area (Å²) >= 11 is 0. The third-order valence-corrected chi connectivity index (χ3v) is 1.80. The highest BCUT2D eigenvalue weighted by molar-refractivity contribution is 5.19. The van der Waals surface area contributed by atoms with Crippen LogP contribution in [0.25, 0.3) is 0 Å². The van der Waals surface area contributed by atoms with E-state index >= 15 is 0 Å². The van der Waals surface area contributed by atoms with Crippen LogP contribution in [-0.2, 0) is 12.7 Å². The Kier molecular flexibility index (Phi) is 1.71. The molecule has 13 heavy (non-hydrogen) atoms. The lowest BCUT2D eigenvalue weighted by molar-refractivity contribution is -0.141. The summed E-state index contributed by atoms with van der Waals surface area (Å²) in [4.78, 5) is 0. The zero-order valence-electron chi connectivity index (χ0n) is 6.64. The van der Waals surface area contributed by atoms with Crippen molar-refractivity contribution in [2.24, 2.45) is 0 Å². The van der Waals surface area contributed by atoms with Gasteiger partial charge in [-0.25, -0.2) is 4.68 Å². The first kappa shape index (κ1) is 8.40. The molecule has 0 unspecified atom stereocenters. The number of aryl methyl sites for hydroxylation is 1. The number of hydrogen-bond acceptors (Lipinski definition) is 2. The molecule has 0 bridgehead atoms. The summed E-state index contributed by atoms with van der Waals surface area (Å²) in [5, 5.41) is 3.39. The largest absolute Gasteiger partial charge is 0.478 e. The van der Waals surface area contributed by atoms with Crippen LogP contribution in [0.5, 0.6) is 5.88 Å². The highest BCUT2D eigenvalue weighted by Crippen LogP contribution is 2.31. The number of alkyl halides is 3. The Balaban J connectivity index is 2.36. The van der Waals surface area contributed by atoms with Crippen molar-refractivity contribution in [2.45, 2.75) is 19.1 Å². The van der Waals surface area contributed by atoms with Crippen LogP contribution < -0.4 is 4.74 Å². The molecule has 2 heterocycles. The average molecular weight is 192 g/mol. The summed E-state index contributed by atoms with van der Waals surface area (Å²) in [7, 11) is 0. The molecule has 1 aromatic heterocycles. The van der Waals surface area contributed by atoms with Crippen LogP contribution in [0.1, 0.15) is 12.1 Å². The molecule has 0 saturated heterocycles. The minimum absolute atomic E-state index is 0.207. The van der Waals surface area contributed by atoms with Crippen molar-refractivity contribution < 1.29 is 17.9 Å². The third kappa shape index (κ3) is 1.48. The quantitative estimate of drug-likeness (QED) is 0.625. The fraction of sp³-hybridized carbons (Fsp3) is 0.571. The number of halogens is 3. The maximum atomic E-state index is 12.1. The number of nitrogens with zero attached hydrogens (tertiary/aromatic N) is 2. The van der Waals surface area contributed by atoms with Crippen LogP contribution in [-0.4, -0.2) is 16.4 Å². The van der Waals surface area contributed by atoms with Gasteiger partial charge < -0.3 is 4.74 Å². The maximum Gasteiger partial charge on any atom is 0.435 e. The second-order valence-corrected chi connectivity index (χ2v) is 2.79. The Hall–Kier alpha value is -1.20. The van der Waals surface area contributed by atoms with Crippen molar-refractivity contribution in [3.8, 4) is 5.88 Å². The van der Waals surface area contributed by atoms with E-state index < -0.39 is 11.9 Å². The molecule has 1 aromatic rings. The first-order valence-electron chi connectivity index (χ1n) is 3.85. The van der Waals surface area contributed by atoms with Crippen molar-refractivity contribution in [2.75, 3.05) is 6.61 Å². The second-order valence-electron chi connectivity index (χ2n) is 2.79. The molecule has 2 rings (SSSR count). The molecule has 0 spiro atoms. The van der Waals surface area contributed by atoms with Gasteiger partial charge in [0, 0.05) is 19.0 Å². The number of rotatable bonds is 0. The summed E-state index contributed by atoms with van der Waals surface area (Å²) < 4.78 is 42.7. The second kappa shape index (κ2) is 2.65. The third-order valence-electron chi connectivity index (χ3n) is 1.80. The van der Waals surface area contributed by atoms with E-state index in [2.05, 4.69) is 5.10 Å². The van der Waals surface area contributed by atoms with Gasteiger partial charge in [-0.2, -0.15) is 18.3 Å². The van der Waals surface area contributed by atoms with Crippen LogP contribution in [0.2, 0.25) is 0 Å². The van der Waals surface area contributed by atoms with Gasteiger partial charge >= 0.3 is 6.18 Å². The highest BCUT2D eigenvalue weighted by Gasteiger charge is 2.35. The lowest BCUT2D eigenvalue weighted by Gasteiger charge is -2.13. The zero-order valence-corrected chi connectivity index (χ0v) is 6.64. The first-order chi connectivity index (χ1) is 6.07. The summed E-state index contributed by atoms with van der Waals surface area (Å²) in [5.41, 5.74) is -0.885. The van der Waals surface area contributed by atoms with Crippen LogP contribution in [0, 0.1) is 0 Å². The minimum Gasteiger partial charge on any atom is -0.478 e. The van der Waals surface area contributed by atoms with Gasteiger partial charge in [0.2, 0.25) is 5.88 Å². The van der Waals surface area contributed by atoms with Crippen molar-refractivity contribution in [3.63, 3.8) is 0 Å². The Morgan fingerprint density at radius 1 is 1.46 bits per heavy atom. The molecule has 6 heteroatoms. The van der Waals surface area contributed by atoms with Gasteiger partial charge in [0.05, 0.1) is 6.61 Å². The highest BCUT2D eigenvalue weighted by atomic mass is 19.4. The minimum atomic E-state index is -4.38. The van der Waals surface area contributed by atoms with Crippen molar-refractivity contribution >= 4 is 0 Å². The van der Waals surface area contributed by atoms with Gasteiger partial charge in [0.1, 0.15) is 0 Å². The van der Waals surface area contributed by atoms with Crippen molar-refractivity contribution in [1.29, 1.82) is 0 Å². The molecule has 0 N–H and O–H groups in total. The van der Waals surface area contributed by atoms with Gasteiger partial charge in [0.25, 0.3) is 0 Å². The molecule has 0 aromatic carbocycles. The number of hydrogen-bond donors (Lipinski definition) is 0. The topological polar surface area (TPSA) is 27.1 Å². The predicted octanol–water partition coefficient (Wildman–Crippen LogP) is 1.68. The van der Waals surface area contributed by atoms with Crippen LogP contribution >= 0.6 is 0 Å². The Labute approximate surface area is 72.1 Å². The van der Waals surface area contributed by atoms with Crippen molar-refractivity contribution in [3.05, 3.63) is 11.8 Å². The smallest absolute Gasteiger partial charge is 0.435 e. The van der Waals surface area contributed by atoms with E-state index in [1.807, 2.05) is 0 Å². The monoisotopic (exact) mass is 192 g/mol. The normalized spacial score (nSPS) is 16.5. The predicted molar refractivity (Wildman–Crippen MR) is 37.3 cm³/mol. The van der Waals surface area contributed by atoms with E-state index in [4.69, 9.17) is 4.74 Å². The molecule has 0 fully saturated rings. The number of fused-ring (bicyclic) bond motifs is 1. The molecular weight excluding hydrogens is 185 g/mol. The summed E-state index contributed by atoms with van der Waals surface area (Å²) in [6.07, 6.45) is -3.68. The van der Waals surface area contributed by atoms with E-state index in [-0.39, 0.29) is 5.88 Å². The van der Waals surface area contributed by atoms with Crippen LogP contribution in [0.3, 0.4) is 0 Å². The van der Waals surface area contributed by atoms with Crippen molar-refractivity contribution in [1.82, 2.24) is 9.78 Å². The standard InChI is InChI=1S/C7H7F3N2O/c8-7(9,10)5-4-6-12(11-5)2-1-3-13-6/h4H,1-3H2. The lowest BCUT2D eigenvalue weighted by atomic mass is 10.4. The molecule has 1 aliphatic heterocycles. The van der Waals surface area contributed by atoms with Gasteiger partial charge in [-0.15, -0.1) is 0 Å². The van der Waals surface area contributed by atoms with Gasteiger partial charge in [-0.1, -0.05) is 0 Å². The molecule has 0 aliphatic carbocycles. The van der Waals surface area contributed by atoms with Gasteiger partial charge in [-0.3, -0.25) is 0 Å². The molecule has 0 saturated carbocycles. The molecule has 1 aliphatic rings. The molecule has 0 amide bonds. The Bertz CT molecular complexity index is 295. The SMILES string of the molecule is FC(F)(F)c1cc2n(n1)CCCO2. The molecule has 3 nitrogen and oxygen atoms in total. The fourth-order valence-electron chi connectivity index (χ4n) is 1.21. The van der Waals surface area contributed by atoms with E-state index in [9.17, 15) is 13.2 Å². The zero-order chi connectivity index (χ0) is 9.47. The Morgan fingerprint density at radius 2 is 2.23 bits per heavy atom. The molecule has 72 valence electrons.